The van der Waals surface area contributed by atoms with Crippen LogP contribution in [-0.4, -0.2) is 41.1 Å². The summed E-state index contributed by atoms with van der Waals surface area (Å²) in [6.07, 6.45) is 3.63. The van der Waals surface area contributed by atoms with Crippen LogP contribution in [0, 0.1) is 11.7 Å². The monoisotopic (exact) mass is 391 g/mol. The van der Waals surface area contributed by atoms with Crippen molar-refractivity contribution >= 4 is 11.9 Å². The van der Waals surface area contributed by atoms with Gasteiger partial charge in [0.05, 0.1) is 12.2 Å². The van der Waals surface area contributed by atoms with Gasteiger partial charge in [-0.25, -0.2) is 9.18 Å². The molecule has 3 rings (SSSR count). The quantitative estimate of drug-likeness (QED) is 0.680. The number of benzene rings is 1. The molecule has 2 saturated heterocycles. The Labute approximate surface area is 166 Å². The third-order valence-corrected chi connectivity index (χ3v) is 5.46. The molecule has 2 heterocycles. The number of rotatable bonds is 4. The molecular formula is C22H30FNO4. The minimum Gasteiger partial charge on any atom is -0.493 e. The molecule has 1 amide bonds. The number of hydrogen-bond acceptors (Lipinski definition) is 4. The number of hydrogen-bond donors (Lipinski definition) is 0. The van der Waals surface area contributed by atoms with E-state index in [1.54, 1.807) is 0 Å². The molecule has 2 fully saturated rings. The fraction of sp³-hybridized carbons (Fsp3) is 0.636. The van der Waals surface area contributed by atoms with Crippen LogP contribution < -0.4 is 4.74 Å². The lowest BCUT2D eigenvalue weighted by Crippen LogP contribution is -2.56. The Morgan fingerprint density at radius 1 is 1.18 bits per heavy atom. The predicted molar refractivity (Wildman–Crippen MR) is 104 cm³/mol. The number of Topliss-reactive ketones (excluding diaryl/α,β-unsaturated/α-hetero) is 1. The van der Waals surface area contributed by atoms with Crippen molar-refractivity contribution in [1.29, 1.82) is 0 Å². The van der Waals surface area contributed by atoms with Crippen molar-refractivity contribution in [2.75, 3.05) is 6.61 Å². The highest BCUT2D eigenvalue weighted by Crippen LogP contribution is 2.40. The van der Waals surface area contributed by atoms with Crippen LogP contribution in [0.2, 0.25) is 0 Å². The van der Waals surface area contributed by atoms with Gasteiger partial charge in [0.15, 0.2) is 5.78 Å². The maximum atomic E-state index is 13.8. The summed E-state index contributed by atoms with van der Waals surface area (Å²) >= 11 is 0. The second-order valence-electron chi connectivity index (χ2n) is 8.73. The highest BCUT2D eigenvalue weighted by atomic mass is 19.1. The molecule has 2 aliphatic heterocycles. The van der Waals surface area contributed by atoms with Gasteiger partial charge in [0.25, 0.3) is 0 Å². The largest absolute Gasteiger partial charge is 0.493 e. The van der Waals surface area contributed by atoms with Gasteiger partial charge in [0.1, 0.15) is 17.2 Å². The number of ether oxygens (including phenoxy) is 2. The van der Waals surface area contributed by atoms with Crippen molar-refractivity contribution in [2.24, 2.45) is 5.92 Å². The number of fused-ring (bicyclic) bond motifs is 2. The molecule has 1 aromatic carbocycles. The fourth-order valence-corrected chi connectivity index (χ4v) is 4.40. The van der Waals surface area contributed by atoms with Gasteiger partial charge in [0, 0.05) is 18.0 Å². The highest BCUT2D eigenvalue weighted by molar-refractivity contribution is 6.00. The summed E-state index contributed by atoms with van der Waals surface area (Å²) in [4.78, 5) is 27.8. The molecule has 6 heteroatoms. The van der Waals surface area contributed by atoms with Gasteiger partial charge < -0.3 is 14.4 Å². The lowest BCUT2D eigenvalue weighted by atomic mass is 9.75. The van der Waals surface area contributed by atoms with Gasteiger partial charge >= 0.3 is 6.09 Å². The van der Waals surface area contributed by atoms with Crippen LogP contribution in [0.3, 0.4) is 0 Å². The average molecular weight is 391 g/mol. The second kappa shape index (κ2) is 8.10. The first-order chi connectivity index (χ1) is 13.2. The van der Waals surface area contributed by atoms with E-state index >= 15 is 0 Å². The van der Waals surface area contributed by atoms with Gasteiger partial charge in [-0.1, -0.05) is 0 Å². The lowest BCUT2D eigenvalue weighted by molar-refractivity contribution is -0.0261. The zero-order valence-corrected chi connectivity index (χ0v) is 17.2. The van der Waals surface area contributed by atoms with Crippen LogP contribution in [0.4, 0.5) is 9.18 Å². The van der Waals surface area contributed by atoms with Gasteiger partial charge in [-0.2, -0.15) is 0 Å². The molecule has 2 unspecified atom stereocenters. The fourth-order valence-electron chi connectivity index (χ4n) is 4.40. The molecule has 2 aliphatic rings. The van der Waals surface area contributed by atoms with Gasteiger partial charge in [-0.15, -0.1) is 0 Å². The number of halogens is 1. The second-order valence-corrected chi connectivity index (χ2v) is 8.73. The zero-order valence-electron chi connectivity index (χ0n) is 17.2. The number of carbonyl (C=O) groups is 2. The molecule has 2 bridgehead atoms. The SMILES string of the molecule is CCOc1ccc(F)cc1C(=O)C1CC2CCCC(C1)N2C(=O)OC(C)(C)C. The number of piperidine rings is 2. The topological polar surface area (TPSA) is 55.8 Å². The summed E-state index contributed by atoms with van der Waals surface area (Å²) in [5.74, 6) is -0.356. The van der Waals surface area contributed by atoms with E-state index in [0.29, 0.717) is 30.8 Å². The Bertz CT molecular complexity index is 729. The summed E-state index contributed by atoms with van der Waals surface area (Å²) in [5, 5.41) is 0. The normalized spacial score (nSPS) is 24.6. The van der Waals surface area contributed by atoms with Crippen LogP contribution in [0.15, 0.2) is 18.2 Å². The van der Waals surface area contributed by atoms with E-state index < -0.39 is 11.4 Å². The van der Waals surface area contributed by atoms with Crippen LogP contribution >= 0.6 is 0 Å². The van der Waals surface area contributed by atoms with Crippen molar-refractivity contribution < 1.29 is 23.5 Å². The van der Waals surface area contributed by atoms with E-state index in [-0.39, 0.29) is 29.9 Å². The van der Waals surface area contributed by atoms with Crippen molar-refractivity contribution in [3.8, 4) is 5.75 Å². The van der Waals surface area contributed by atoms with Crippen molar-refractivity contribution in [3.63, 3.8) is 0 Å². The van der Waals surface area contributed by atoms with E-state index in [1.165, 1.54) is 18.2 Å². The summed E-state index contributed by atoms with van der Waals surface area (Å²) in [5.41, 5.74) is -0.248. The van der Waals surface area contributed by atoms with Gasteiger partial charge in [0.2, 0.25) is 0 Å². The van der Waals surface area contributed by atoms with Crippen LogP contribution in [0.5, 0.6) is 5.75 Å². The van der Waals surface area contributed by atoms with E-state index in [0.717, 1.165) is 19.3 Å². The third kappa shape index (κ3) is 4.47. The molecule has 154 valence electrons. The van der Waals surface area contributed by atoms with Crippen LogP contribution in [-0.2, 0) is 4.74 Å². The molecule has 2 atom stereocenters. The maximum absolute atomic E-state index is 13.8. The Morgan fingerprint density at radius 2 is 1.82 bits per heavy atom. The standard InChI is InChI=1S/C22H30FNO4/c1-5-27-19-10-9-15(23)13-18(19)20(25)14-11-16-7-6-8-17(12-14)24(16)21(26)28-22(2,3)4/h9-10,13-14,16-17H,5-8,11-12H2,1-4H3. The van der Waals surface area contributed by atoms with E-state index in [4.69, 9.17) is 9.47 Å². The van der Waals surface area contributed by atoms with Crippen molar-refractivity contribution in [3.05, 3.63) is 29.6 Å². The summed E-state index contributed by atoms with van der Waals surface area (Å²) < 4.78 is 24.9. The van der Waals surface area contributed by atoms with Gasteiger partial charge in [-0.3, -0.25) is 4.79 Å². The summed E-state index contributed by atoms with van der Waals surface area (Å²) in [6.45, 7) is 7.82. The zero-order chi connectivity index (χ0) is 20.5. The molecule has 0 aliphatic carbocycles. The molecular weight excluding hydrogens is 361 g/mol. The van der Waals surface area contributed by atoms with E-state index in [2.05, 4.69) is 0 Å². The summed E-state index contributed by atoms with van der Waals surface area (Å²) in [7, 11) is 0. The van der Waals surface area contributed by atoms with E-state index in [9.17, 15) is 14.0 Å². The number of nitrogens with zero attached hydrogens (tertiary/aromatic N) is 1. The number of ketones is 1. The Hall–Kier alpha value is -2.11. The molecule has 0 spiro atoms. The molecule has 0 radical (unpaired) electrons. The number of carbonyl (C=O) groups excluding carboxylic acids is 2. The molecule has 0 saturated carbocycles. The highest BCUT2D eigenvalue weighted by Gasteiger charge is 2.44. The van der Waals surface area contributed by atoms with Crippen LogP contribution in [0.1, 0.15) is 70.2 Å². The van der Waals surface area contributed by atoms with Crippen molar-refractivity contribution in [1.82, 2.24) is 4.90 Å². The first-order valence-corrected chi connectivity index (χ1v) is 10.2. The van der Waals surface area contributed by atoms with Crippen LogP contribution in [0.25, 0.3) is 0 Å². The molecule has 0 aromatic heterocycles. The average Bonchev–Trinajstić information content (AvgIpc) is 2.60. The third-order valence-electron chi connectivity index (χ3n) is 5.46. The summed E-state index contributed by atoms with van der Waals surface area (Å²) in [6, 6.07) is 4.06. The molecule has 1 aromatic rings. The number of amides is 1. The minimum absolute atomic E-state index is 0.0135. The van der Waals surface area contributed by atoms with Gasteiger partial charge in [-0.05, 0) is 78.0 Å². The molecule has 5 nitrogen and oxygen atoms in total. The first kappa shape index (κ1) is 20.6. The first-order valence-electron chi connectivity index (χ1n) is 10.2. The Kier molecular flexibility index (Phi) is 5.96. The minimum atomic E-state index is -0.550. The maximum Gasteiger partial charge on any atom is 0.410 e. The van der Waals surface area contributed by atoms with Crippen molar-refractivity contribution in [2.45, 2.75) is 77.5 Å². The Morgan fingerprint density at radius 3 is 2.39 bits per heavy atom. The lowest BCUT2D eigenvalue weighted by Gasteiger charge is -2.48. The smallest absolute Gasteiger partial charge is 0.410 e. The predicted octanol–water partition coefficient (Wildman–Crippen LogP) is 4.98. The van der Waals surface area contributed by atoms with E-state index in [1.807, 2.05) is 32.6 Å². The Balaban J connectivity index is 1.79. The molecule has 0 N–H and O–H groups in total. The molecule has 28 heavy (non-hydrogen) atoms.